The molecule has 3 N–H and O–H groups in total. The molecule has 5 heteroatoms. The van der Waals surface area contributed by atoms with E-state index in [0.717, 1.165) is 13.1 Å². The molecule has 0 heterocycles. The van der Waals surface area contributed by atoms with E-state index < -0.39 is 5.41 Å². The maximum absolute atomic E-state index is 11.4. The molecule has 0 radical (unpaired) electrons. The Kier molecular flexibility index (Phi) is 6.72. The van der Waals surface area contributed by atoms with Crippen molar-refractivity contribution in [1.29, 1.82) is 0 Å². The van der Waals surface area contributed by atoms with Crippen LogP contribution in [0.2, 0.25) is 0 Å². The highest BCUT2D eigenvalue weighted by atomic mass is 16.2. The van der Waals surface area contributed by atoms with Gasteiger partial charge in [-0.05, 0) is 6.54 Å². The average Bonchev–Trinajstić information content (AvgIpc) is 2.19. The second-order valence-electron chi connectivity index (χ2n) is 4.64. The van der Waals surface area contributed by atoms with Crippen LogP contribution in [0.15, 0.2) is 0 Å². The zero-order valence-corrected chi connectivity index (χ0v) is 10.6. The van der Waals surface area contributed by atoms with Crippen LogP contribution in [-0.4, -0.2) is 38.0 Å². The Labute approximate surface area is 97.4 Å². The lowest BCUT2D eigenvalue weighted by Crippen LogP contribution is -2.43. The summed E-state index contributed by atoms with van der Waals surface area (Å²) in [6.45, 7) is 9.69. The van der Waals surface area contributed by atoms with Gasteiger partial charge in [-0.15, -0.1) is 0 Å². The molecular weight excluding hydrogens is 206 g/mol. The van der Waals surface area contributed by atoms with Gasteiger partial charge in [0, 0.05) is 18.5 Å². The van der Waals surface area contributed by atoms with Crippen molar-refractivity contribution in [3.8, 4) is 0 Å². The molecule has 0 atom stereocenters. The molecule has 0 spiro atoms. The average molecular weight is 229 g/mol. The lowest BCUT2D eigenvalue weighted by molar-refractivity contribution is -0.131. The monoisotopic (exact) mass is 229 g/mol. The van der Waals surface area contributed by atoms with Crippen molar-refractivity contribution in [3.05, 3.63) is 0 Å². The normalized spacial score (nSPS) is 11.0. The van der Waals surface area contributed by atoms with E-state index in [1.807, 2.05) is 27.7 Å². The molecule has 0 bridgehead atoms. The molecule has 0 saturated carbocycles. The van der Waals surface area contributed by atoms with Gasteiger partial charge in [0.1, 0.15) is 0 Å². The van der Waals surface area contributed by atoms with Crippen LogP contribution >= 0.6 is 0 Å². The van der Waals surface area contributed by atoms with Gasteiger partial charge in [-0.25, -0.2) is 0 Å². The van der Waals surface area contributed by atoms with Gasteiger partial charge in [0.25, 0.3) is 0 Å². The third-order valence-electron chi connectivity index (χ3n) is 1.96. The first-order valence-corrected chi connectivity index (χ1v) is 5.63. The van der Waals surface area contributed by atoms with Crippen LogP contribution in [0.1, 0.15) is 27.7 Å². The molecule has 0 aliphatic heterocycles. The van der Waals surface area contributed by atoms with E-state index in [4.69, 9.17) is 0 Å². The summed E-state index contributed by atoms with van der Waals surface area (Å²) in [5, 5.41) is 8.39. The van der Waals surface area contributed by atoms with Gasteiger partial charge in [0.15, 0.2) is 0 Å². The lowest BCUT2D eigenvalue weighted by atomic mass is 9.96. The Morgan fingerprint density at radius 1 is 1.06 bits per heavy atom. The van der Waals surface area contributed by atoms with Gasteiger partial charge in [0.05, 0.1) is 6.54 Å². The minimum atomic E-state index is -0.454. The first kappa shape index (κ1) is 14.9. The summed E-state index contributed by atoms with van der Waals surface area (Å²) in [5.74, 6) is -0.273. The third-order valence-corrected chi connectivity index (χ3v) is 1.96. The number of hydrogen-bond donors (Lipinski definition) is 3. The topological polar surface area (TPSA) is 70.2 Å². The number of likely N-dealkylation sites (N-methyl/N-ethyl adjacent to an activating group) is 1. The molecule has 16 heavy (non-hydrogen) atoms. The summed E-state index contributed by atoms with van der Waals surface area (Å²) in [5.41, 5.74) is -0.454. The summed E-state index contributed by atoms with van der Waals surface area (Å²) in [7, 11) is 0. The minimum Gasteiger partial charge on any atom is -0.353 e. The number of rotatable bonds is 6. The maximum atomic E-state index is 11.4. The number of hydrogen-bond acceptors (Lipinski definition) is 3. The van der Waals surface area contributed by atoms with Crippen LogP contribution in [-0.2, 0) is 9.59 Å². The molecular formula is C11H23N3O2. The summed E-state index contributed by atoms with van der Waals surface area (Å²) in [4.78, 5) is 22.7. The lowest BCUT2D eigenvalue weighted by Gasteiger charge is -2.17. The number of nitrogens with one attached hydrogen (secondary N) is 3. The number of carbonyl (C=O) groups excluding carboxylic acids is 2. The van der Waals surface area contributed by atoms with E-state index in [2.05, 4.69) is 16.0 Å². The van der Waals surface area contributed by atoms with Crippen LogP contribution in [0, 0.1) is 5.41 Å². The van der Waals surface area contributed by atoms with Crippen LogP contribution in [0.4, 0.5) is 0 Å². The predicted octanol–water partition coefficient (Wildman–Crippen LogP) is -0.126. The van der Waals surface area contributed by atoms with Crippen LogP contribution in [0.25, 0.3) is 0 Å². The molecule has 5 nitrogen and oxygen atoms in total. The van der Waals surface area contributed by atoms with Crippen molar-refractivity contribution in [2.75, 3.05) is 26.2 Å². The van der Waals surface area contributed by atoms with Gasteiger partial charge < -0.3 is 16.0 Å². The molecule has 0 unspecified atom stereocenters. The van der Waals surface area contributed by atoms with Crippen molar-refractivity contribution >= 4 is 11.8 Å². The quantitative estimate of drug-likeness (QED) is 0.556. The number of carbonyl (C=O) groups is 2. The molecule has 0 aliphatic rings. The standard InChI is InChI=1S/C11H23N3O2/c1-5-12-6-7-13-9(15)8-14-10(16)11(2,3)4/h12H,5-8H2,1-4H3,(H,13,15)(H,14,16). The Bertz CT molecular complexity index is 234. The Balaban J connectivity index is 3.62. The van der Waals surface area contributed by atoms with E-state index >= 15 is 0 Å². The highest BCUT2D eigenvalue weighted by Crippen LogP contribution is 2.11. The van der Waals surface area contributed by atoms with Crippen LogP contribution in [0.5, 0.6) is 0 Å². The molecule has 2 amide bonds. The van der Waals surface area contributed by atoms with Crippen molar-refractivity contribution in [2.24, 2.45) is 5.41 Å². The van der Waals surface area contributed by atoms with E-state index in [1.165, 1.54) is 0 Å². The second-order valence-corrected chi connectivity index (χ2v) is 4.64. The fourth-order valence-corrected chi connectivity index (χ4v) is 0.955. The van der Waals surface area contributed by atoms with Crippen LogP contribution < -0.4 is 16.0 Å². The molecule has 0 saturated heterocycles. The Hall–Kier alpha value is -1.10. The fraction of sp³-hybridized carbons (Fsp3) is 0.818. The van der Waals surface area contributed by atoms with Crippen molar-refractivity contribution in [3.63, 3.8) is 0 Å². The molecule has 0 aliphatic carbocycles. The molecule has 0 rings (SSSR count). The highest BCUT2D eigenvalue weighted by Gasteiger charge is 2.21. The minimum absolute atomic E-state index is 0.0439. The van der Waals surface area contributed by atoms with Gasteiger partial charge >= 0.3 is 0 Å². The van der Waals surface area contributed by atoms with Crippen molar-refractivity contribution in [1.82, 2.24) is 16.0 Å². The van der Waals surface area contributed by atoms with Crippen molar-refractivity contribution in [2.45, 2.75) is 27.7 Å². The molecule has 0 aromatic rings. The van der Waals surface area contributed by atoms with E-state index in [1.54, 1.807) is 0 Å². The predicted molar refractivity (Wildman–Crippen MR) is 64.0 cm³/mol. The summed E-state index contributed by atoms with van der Waals surface area (Å²) >= 11 is 0. The largest absolute Gasteiger partial charge is 0.353 e. The van der Waals surface area contributed by atoms with E-state index in [0.29, 0.717) is 6.54 Å². The van der Waals surface area contributed by atoms with Crippen LogP contribution in [0.3, 0.4) is 0 Å². The van der Waals surface area contributed by atoms with E-state index in [9.17, 15) is 9.59 Å². The van der Waals surface area contributed by atoms with Crippen molar-refractivity contribution < 1.29 is 9.59 Å². The smallest absolute Gasteiger partial charge is 0.239 e. The van der Waals surface area contributed by atoms with Gasteiger partial charge in [0.2, 0.25) is 11.8 Å². The summed E-state index contributed by atoms with van der Waals surface area (Å²) < 4.78 is 0. The fourth-order valence-electron chi connectivity index (χ4n) is 0.955. The zero-order chi connectivity index (χ0) is 12.6. The third kappa shape index (κ3) is 7.23. The Morgan fingerprint density at radius 3 is 2.19 bits per heavy atom. The molecule has 0 aromatic heterocycles. The highest BCUT2D eigenvalue weighted by molar-refractivity contribution is 5.87. The number of amides is 2. The Morgan fingerprint density at radius 2 is 1.69 bits per heavy atom. The SMILES string of the molecule is CCNCCNC(=O)CNC(=O)C(C)(C)C. The molecule has 94 valence electrons. The molecule has 0 fully saturated rings. The summed E-state index contributed by atoms with van der Waals surface area (Å²) in [6.07, 6.45) is 0. The van der Waals surface area contributed by atoms with Gasteiger partial charge in [-0.3, -0.25) is 9.59 Å². The first-order chi connectivity index (χ1) is 7.38. The zero-order valence-electron chi connectivity index (χ0n) is 10.6. The van der Waals surface area contributed by atoms with Gasteiger partial charge in [-0.1, -0.05) is 27.7 Å². The second kappa shape index (κ2) is 7.22. The molecule has 0 aromatic carbocycles. The van der Waals surface area contributed by atoms with Gasteiger partial charge in [-0.2, -0.15) is 0 Å². The first-order valence-electron chi connectivity index (χ1n) is 5.63. The maximum Gasteiger partial charge on any atom is 0.239 e. The van der Waals surface area contributed by atoms with E-state index in [-0.39, 0.29) is 18.4 Å². The summed E-state index contributed by atoms with van der Waals surface area (Å²) in [6, 6.07) is 0.